The molecular formula is C19H21ClN6. The van der Waals surface area contributed by atoms with Gasteiger partial charge in [0, 0.05) is 12.7 Å². The summed E-state index contributed by atoms with van der Waals surface area (Å²) in [6.45, 7) is 6.01. The summed E-state index contributed by atoms with van der Waals surface area (Å²) < 4.78 is 0. The molecule has 0 atom stereocenters. The summed E-state index contributed by atoms with van der Waals surface area (Å²) >= 11 is 6.28. The zero-order chi connectivity index (χ0) is 18.7. The lowest BCUT2D eigenvalue weighted by molar-refractivity contribution is 1.14. The highest BCUT2D eigenvalue weighted by atomic mass is 35.5. The molecule has 0 unspecified atom stereocenters. The number of nitrogens with one attached hydrogen (secondary N) is 3. The van der Waals surface area contributed by atoms with Crippen LogP contribution in [-0.2, 0) is 0 Å². The first-order valence-corrected chi connectivity index (χ1v) is 8.62. The molecule has 0 aliphatic carbocycles. The van der Waals surface area contributed by atoms with Gasteiger partial charge in [-0.25, -0.2) is 4.98 Å². The Bertz CT molecular complexity index is 941. The second-order valence-corrected chi connectivity index (χ2v) is 6.49. The van der Waals surface area contributed by atoms with Crippen LogP contribution in [-0.4, -0.2) is 22.0 Å². The monoisotopic (exact) mass is 368 g/mol. The van der Waals surface area contributed by atoms with E-state index in [1.807, 2.05) is 46.0 Å². The molecule has 1 aromatic carbocycles. The van der Waals surface area contributed by atoms with Gasteiger partial charge in [-0.15, -0.1) is 0 Å². The van der Waals surface area contributed by atoms with Gasteiger partial charge in [0.05, 0.1) is 29.5 Å². The van der Waals surface area contributed by atoms with Gasteiger partial charge in [-0.3, -0.25) is 4.98 Å². The number of benzene rings is 1. The molecule has 2 heterocycles. The number of anilines is 5. The van der Waals surface area contributed by atoms with Crippen LogP contribution in [0.3, 0.4) is 0 Å². The predicted octanol–water partition coefficient (Wildman–Crippen LogP) is 4.98. The lowest BCUT2D eigenvalue weighted by atomic mass is 10.2. The minimum Gasteiger partial charge on any atom is -0.386 e. The third-order valence-electron chi connectivity index (χ3n) is 3.94. The average Bonchev–Trinajstić information content (AvgIpc) is 2.61. The number of nitrogens with zero attached hydrogens (tertiary/aromatic N) is 3. The number of hydrogen-bond donors (Lipinski definition) is 3. The molecule has 0 amide bonds. The summed E-state index contributed by atoms with van der Waals surface area (Å²) in [6, 6.07) is 8.07. The zero-order valence-corrected chi connectivity index (χ0v) is 15.9. The summed E-state index contributed by atoms with van der Waals surface area (Å²) in [7, 11) is 1.88. The van der Waals surface area contributed by atoms with Crippen molar-refractivity contribution in [3.8, 4) is 0 Å². The predicted molar refractivity (Wildman–Crippen MR) is 108 cm³/mol. The lowest BCUT2D eigenvalue weighted by Crippen LogP contribution is -2.04. The molecule has 3 rings (SSSR count). The van der Waals surface area contributed by atoms with Crippen molar-refractivity contribution < 1.29 is 0 Å². The fourth-order valence-electron chi connectivity index (χ4n) is 2.56. The number of aryl methyl sites for hydroxylation is 3. The summed E-state index contributed by atoms with van der Waals surface area (Å²) in [6.07, 6.45) is 3.35. The molecule has 26 heavy (non-hydrogen) atoms. The molecule has 7 heteroatoms. The van der Waals surface area contributed by atoms with Crippen molar-refractivity contribution in [2.75, 3.05) is 23.0 Å². The fourth-order valence-corrected chi connectivity index (χ4v) is 2.70. The third-order valence-corrected chi connectivity index (χ3v) is 4.21. The topological polar surface area (TPSA) is 74.8 Å². The van der Waals surface area contributed by atoms with Crippen LogP contribution in [0.1, 0.15) is 16.8 Å². The van der Waals surface area contributed by atoms with Crippen molar-refractivity contribution in [2.24, 2.45) is 0 Å². The molecule has 0 aliphatic rings. The summed E-state index contributed by atoms with van der Waals surface area (Å²) in [4.78, 5) is 13.1. The molecule has 0 aliphatic heterocycles. The number of halogens is 1. The highest BCUT2D eigenvalue weighted by molar-refractivity contribution is 6.33. The molecule has 0 spiro atoms. The van der Waals surface area contributed by atoms with Crippen LogP contribution in [0.15, 0.2) is 36.7 Å². The van der Waals surface area contributed by atoms with Crippen molar-refractivity contribution >= 4 is 40.4 Å². The highest BCUT2D eigenvalue weighted by Gasteiger charge is 2.10. The molecule has 2 aromatic heterocycles. The Balaban J connectivity index is 1.88. The van der Waals surface area contributed by atoms with E-state index < -0.39 is 0 Å². The Morgan fingerprint density at radius 1 is 0.885 bits per heavy atom. The van der Waals surface area contributed by atoms with Crippen LogP contribution in [0.2, 0.25) is 5.02 Å². The molecule has 0 saturated carbocycles. The van der Waals surface area contributed by atoms with Crippen molar-refractivity contribution in [1.82, 2.24) is 15.0 Å². The Kier molecular flexibility index (Phi) is 5.23. The van der Waals surface area contributed by atoms with E-state index in [4.69, 9.17) is 11.6 Å². The second kappa shape index (κ2) is 7.58. The van der Waals surface area contributed by atoms with E-state index in [9.17, 15) is 0 Å². The first kappa shape index (κ1) is 17.9. The van der Waals surface area contributed by atoms with E-state index in [1.54, 1.807) is 12.4 Å². The fraction of sp³-hybridized carbons (Fsp3) is 0.211. The molecule has 6 nitrogen and oxygen atoms in total. The molecule has 0 radical (unpaired) electrons. The van der Waals surface area contributed by atoms with Gasteiger partial charge in [0.1, 0.15) is 5.02 Å². The average molecular weight is 369 g/mol. The minimum absolute atomic E-state index is 0.442. The van der Waals surface area contributed by atoms with Crippen LogP contribution < -0.4 is 16.0 Å². The van der Waals surface area contributed by atoms with Gasteiger partial charge in [0.2, 0.25) is 5.95 Å². The molecule has 3 aromatic rings. The van der Waals surface area contributed by atoms with Gasteiger partial charge < -0.3 is 16.0 Å². The number of aromatic nitrogens is 3. The highest BCUT2D eigenvalue weighted by Crippen LogP contribution is 2.30. The van der Waals surface area contributed by atoms with Crippen LogP contribution in [0.5, 0.6) is 0 Å². The molecule has 3 N–H and O–H groups in total. The Hall–Kier alpha value is -2.86. The maximum Gasteiger partial charge on any atom is 0.229 e. The lowest BCUT2D eigenvalue weighted by Gasteiger charge is -2.14. The minimum atomic E-state index is 0.442. The van der Waals surface area contributed by atoms with Gasteiger partial charge >= 0.3 is 0 Å². The van der Waals surface area contributed by atoms with Gasteiger partial charge in [0.25, 0.3) is 0 Å². The number of rotatable bonds is 5. The van der Waals surface area contributed by atoms with Gasteiger partial charge in [0.15, 0.2) is 5.82 Å². The summed E-state index contributed by atoms with van der Waals surface area (Å²) in [5, 5.41) is 10.1. The van der Waals surface area contributed by atoms with Crippen LogP contribution in [0.4, 0.5) is 28.8 Å². The molecular weight excluding hydrogens is 348 g/mol. The number of pyridine rings is 1. The smallest absolute Gasteiger partial charge is 0.229 e. The number of hydrogen-bond acceptors (Lipinski definition) is 6. The molecule has 0 saturated heterocycles. The Morgan fingerprint density at radius 3 is 2.42 bits per heavy atom. The first-order chi connectivity index (χ1) is 12.5. The maximum atomic E-state index is 6.28. The van der Waals surface area contributed by atoms with Crippen LogP contribution in [0, 0.1) is 20.8 Å². The third kappa shape index (κ3) is 4.03. The normalized spacial score (nSPS) is 10.5. The standard InChI is InChI=1S/C19H21ClN6/c1-11-5-6-15(16(7-11)21-4)24-18-14(20)9-23-19(26-18)25-17-10-22-13(3)8-12(17)2/h5-10,21H,1-4H3,(H2,23,24,25,26). The summed E-state index contributed by atoms with van der Waals surface area (Å²) in [5.74, 6) is 0.978. The van der Waals surface area contributed by atoms with E-state index >= 15 is 0 Å². The van der Waals surface area contributed by atoms with E-state index in [0.717, 1.165) is 28.3 Å². The van der Waals surface area contributed by atoms with Crippen molar-refractivity contribution in [1.29, 1.82) is 0 Å². The van der Waals surface area contributed by atoms with E-state index in [2.05, 4.69) is 37.0 Å². The Morgan fingerprint density at radius 2 is 1.69 bits per heavy atom. The maximum absolute atomic E-state index is 6.28. The van der Waals surface area contributed by atoms with E-state index in [-0.39, 0.29) is 0 Å². The molecule has 134 valence electrons. The van der Waals surface area contributed by atoms with E-state index in [0.29, 0.717) is 16.8 Å². The van der Waals surface area contributed by atoms with Crippen molar-refractivity contribution in [3.05, 3.63) is 58.5 Å². The van der Waals surface area contributed by atoms with Gasteiger partial charge in [-0.1, -0.05) is 17.7 Å². The van der Waals surface area contributed by atoms with E-state index in [1.165, 1.54) is 5.56 Å². The SMILES string of the molecule is CNc1cc(C)ccc1Nc1nc(Nc2cnc(C)cc2C)ncc1Cl. The van der Waals surface area contributed by atoms with Gasteiger partial charge in [-0.2, -0.15) is 4.98 Å². The molecule has 0 bridgehead atoms. The quantitative estimate of drug-likeness (QED) is 0.589. The second-order valence-electron chi connectivity index (χ2n) is 6.08. The largest absolute Gasteiger partial charge is 0.386 e. The first-order valence-electron chi connectivity index (χ1n) is 8.24. The molecule has 0 fully saturated rings. The zero-order valence-electron chi connectivity index (χ0n) is 15.2. The summed E-state index contributed by atoms with van der Waals surface area (Å²) in [5.41, 5.74) is 5.91. The Labute approximate surface area is 158 Å². The van der Waals surface area contributed by atoms with Crippen molar-refractivity contribution in [2.45, 2.75) is 20.8 Å². The van der Waals surface area contributed by atoms with Crippen LogP contribution >= 0.6 is 11.6 Å². The van der Waals surface area contributed by atoms with Crippen LogP contribution in [0.25, 0.3) is 0 Å². The van der Waals surface area contributed by atoms with Gasteiger partial charge in [-0.05, 0) is 50.1 Å². The van der Waals surface area contributed by atoms with Crippen molar-refractivity contribution in [3.63, 3.8) is 0 Å².